The van der Waals surface area contributed by atoms with Gasteiger partial charge in [0.05, 0.1) is 18.7 Å². The van der Waals surface area contributed by atoms with E-state index in [2.05, 4.69) is 4.98 Å². The SMILES string of the molecule is O=C(O)Cc1cn(Cc2cocn2)c2ccc(Cl)cc12. The third-order valence-corrected chi connectivity index (χ3v) is 3.32. The van der Waals surface area contributed by atoms with E-state index in [-0.39, 0.29) is 6.42 Å². The topological polar surface area (TPSA) is 68.3 Å². The first-order chi connectivity index (χ1) is 9.63. The third kappa shape index (κ3) is 2.40. The Hall–Kier alpha value is -2.27. The number of hydrogen-bond acceptors (Lipinski definition) is 3. The number of aliphatic carboxylic acids is 1. The predicted molar refractivity (Wildman–Crippen MR) is 73.9 cm³/mol. The number of fused-ring (bicyclic) bond motifs is 1. The number of carboxylic acid groups (broad SMARTS) is 1. The van der Waals surface area contributed by atoms with Crippen molar-refractivity contribution in [3.8, 4) is 0 Å². The number of oxazole rings is 1. The van der Waals surface area contributed by atoms with Gasteiger partial charge in [0.15, 0.2) is 6.39 Å². The van der Waals surface area contributed by atoms with Gasteiger partial charge in [0.2, 0.25) is 0 Å². The Morgan fingerprint density at radius 1 is 1.45 bits per heavy atom. The molecule has 0 aliphatic heterocycles. The fraction of sp³-hybridized carbons (Fsp3) is 0.143. The summed E-state index contributed by atoms with van der Waals surface area (Å²) in [5, 5.41) is 10.4. The minimum Gasteiger partial charge on any atom is -0.481 e. The molecule has 0 radical (unpaired) electrons. The Morgan fingerprint density at radius 2 is 2.30 bits per heavy atom. The van der Waals surface area contributed by atoms with E-state index in [0.29, 0.717) is 11.6 Å². The molecular formula is C14H11ClN2O3. The molecule has 1 aromatic carbocycles. The Labute approximate surface area is 119 Å². The first kappa shape index (κ1) is 12.7. The molecule has 0 aliphatic rings. The van der Waals surface area contributed by atoms with Crippen molar-refractivity contribution >= 4 is 28.5 Å². The molecule has 0 saturated carbocycles. The van der Waals surface area contributed by atoms with Crippen LogP contribution in [0.15, 0.2) is 41.5 Å². The average molecular weight is 291 g/mol. The van der Waals surface area contributed by atoms with Crippen molar-refractivity contribution in [2.75, 3.05) is 0 Å². The highest BCUT2D eigenvalue weighted by atomic mass is 35.5. The van der Waals surface area contributed by atoms with Crippen LogP contribution < -0.4 is 0 Å². The maximum absolute atomic E-state index is 11.0. The Kier molecular flexibility index (Phi) is 3.20. The molecule has 20 heavy (non-hydrogen) atoms. The van der Waals surface area contributed by atoms with Crippen molar-refractivity contribution in [3.63, 3.8) is 0 Å². The Morgan fingerprint density at radius 3 is 3.00 bits per heavy atom. The van der Waals surface area contributed by atoms with Gasteiger partial charge in [-0.25, -0.2) is 4.98 Å². The normalized spacial score (nSPS) is 11.1. The lowest BCUT2D eigenvalue weighted by Gasteiger charge is -2.02. The lowest BCUT2D eigenvalue weighted by atomic mass is 10.1. The van der Waals surface area contributed by atoms with E-state index in [1.807, 2.05) is 16.8 Å². The third-order valence-electron chi connectivity index (χ3n) is 3.08. The van der Waals surface area contributed by atoms with Crippen LogP contribution in [0.5, 0.6) is 0 Å². The first-order valence-corrected chi connectivity index (χ1v) is 6.37. The highest BCUT2D eigenvalue weighted by molar-refractivity contribution is 6.31. The summed E-state index contributed by atoms with van der Waals surface area (Å²) < 4.78 is 6.90. The summed E-state index contributed by atoms with van der Waals surface area (Å²) in [7, 11) is 0. The lowest BCUT2D eigenvalue weighted by molar-refractivity contribution is -0.136. The van der Waals surface area contributed by atoms with Crippen molar-refractivity contribution < 1.29 is 14.3 Å². The summed E-state index contributed by atoms with van der Waals surface area (Å²) in [5.41, 5.74) is 2.44. The fourth-order valence-corrected chi connectivity index (χ4v) is 2.44. The number of hydrogen-bond donors (Lipinski definition) is 1. The first-order valence-electron chi connectivity index (χ1n) is 5.99. The van der Waals surface area contributed by atoms with Crippen molar-refractivity contribution in [1.29, 1.82) is 0 Å². The van der Waals surface area contributed by atoms with Crippen LogP contribution in [0.3, 0.4) is 0 Å². The summed E-state index contributed by atoms with van der Waals surface area (Å²) in [4.78, 5) is 15.0. The highest BCUT2D eigenvalue weighted by Crippen LogP contribution is 2.26. The molecule has 2 heterocycles. The number of carbonyl (C=O) groups is 1. The number of benzene rings is 1. The molecule has 0 spiro atoms. The molecule has 2 aromatic heterocycles. The van der Waals surface area contributed by atoms with E-state index in [1.54, 1.807) is 18.4 Å². The molecule has 0 atom stereocenters. The molecule has 3 rings (SSSR count). The molecule has 0 saturated heterocycles. The monoisotopic (exact) mass is 290 g/mol. The van der Waals surface area contributed by atoms with Crippen LogP contribution in [-0.2, 0) is 17.8 Å². The molecule has 5 nitrogen and oxygen atoms in total. The fourth-order valence-electron chi connectivity index (χ4n) is 2.27. The number of aromatic nitrogens is 2. The van der Waals surface area contributed by atoms with E-state index in [9.17, 15) is 4.79 Å². The van der Waals surface area contributed by atoms with E-state index >= 15 is 0 Å². The zero-order valence-electron chi connectivity index (χ0n) is 10.4. The van der Waals surface area contributed by atoms with Gasteiger partial charge in [-0.2, -0.15) is 0 Å². The molecule has 1 N–H and O–H groups in total. The van der Waals surface area contributed by atoms with Crippen LogP contribution >= 0.6 is 11.6 Å². The zero-order valence-corrected chi connectivity index (χ0v) is 11.2. The van der Waals surface area contributed by atoms with E-state index in [4.69, 9.17) is 21.1 Å². The molecule has 0 amide bonds. The van der Waals surface area contributed by atoms with Crippen LogP contribution in [0.2, 0.25) is 5.02 Å². The molecular weight excluding hydrogens is 280 g/mol. The number of nitrogens with zero attached hydrogens (tertiary/aromatic N) is 2. The molecule has 0 aliphatic carbocycles. The van der Waals surface area contributed by atoms with Crippen LogP contribution in [0.1, 0.15) is 11.3 Å². The average Bonchev–Trinajstić information content (AvgIpc) is 2.99. The second-order valence-electron chi connectivity index (χ2n) is 4.49. The standard InChI is InChI=1S/C14H11ClN2O3/c15-10-1-2-13-12(4-10)9(3-14(18)19)5-17(13)6-11-7-20-8-16-11/h1-2,4-5,7-8H,3,6H2,(H,18,19). The smallest absolute Gasteiger partial charge is 0.307 e. The maximum Gasteiger partial charge on any atom is 0.307 e. The minimum atomic E-state index is -0.870. The number of halogens is 1. The van der Waals surface area contributed by atoms with Crippen LogP contribution in [0, 0.1) is 0 Å². The summed E-state index contributed by atoms with van der Waals surface area (Å²) in [6, 6.07) is 5.45. The van der Waals surface area contributed by atoms with Gasteiger partial charge >= 0.3 is 5.97 Å². The summed E-state index contributed by atoms with van der Waals surface area (Å²) in [6.07, 6.45) is 4.72. The van der Waals surface area contributed by atoms with Crippen LogP contribution in [0.25, 0.3) is 10.9 Å². The minimum absolute atomic E-state index is 0.0390. The van der Waals surface area contributed by atoms with Crippen molar-refractivity contribution in [2.24, 2.45) is 0 Å². The molecule has 3 aromatic rings. The van der Waals surface area contributed by atoms with Gasteiger partial charge < -0.3 is 14.1 Å². The second-order valence-corrected chi connectivity index (χ2v) is 4.93. The van der Waals surface area contributed by atoms with E-state index in [0.717, 1.165) is 22.2 Å². The van der Waals surface area contributed by atoms with E-state index in [1.165, 1.54) is 6.39 Å². The largest absolute Gasteiger partial charge is 0.481 e. The number of carboxylic acids is 1. The van der Waals surface area contributed by atoms with E-state index < -0.39 is 5.97 Å². The summed E-state index contributed by atoms with van der Waals surface area (Å²) in [5.74, 6) is -0.870. The predicted octanol–water partition coefficient (Wildman–Crippen LogP) is 2.96. The lowest BCUT2D eigenvalue weighted by Crippen LogP contribution is -2.00. The van der Waals surface area contributed by atoms with Crippen LogP contribution in [0.4, 0.5) is 0 Å². The van der Waals surface area contributed by atoms with Gasteiger partial charge in [-0.3, -0.25) is 4.79 Å². The number of rotatable bonds is 4. The summed E-state index contributed by atoms with van der Waals surface area (Å²) >= 11 is 6.00. The van der Waals surface area contributed by atoms with Gasteiger partial charge in [0.1, 0.15) is 6.26 Å². The molecule has 0 bridgehead atoms. The van der Waals surface area contributed by atoms with Gasteiger partial charge in [-0.15, -0.1) is 0 Å². The van der Waals surface area contributed by atoms with Gasteiger partial charge in [0.25, 0.3) is 0 Å². The quantitative estimate of drug-likeness (QED) is 0.802. The molecule has 0 unspecified atom stereocenters. The zero-order chi connectivity index (χ0) is 14.1. The van der Waals surface area contributed by atoms with Gasteiger partial charge in [-0.05, 0) is 23.8 Å². The summed E-state index contributed by atoms with van der Waals surface area (Å²) in [6.45, 7) is 0.522. The van der Waals surface area contributed by atoms with Gasteiger partial charge in [0, 0.05) is 22.1 Å². The second kappa shape index (κ2) is 5.02. The van der Waals surface area contributed by atoms with Crippen LogP contribution in [-0.4, -0.2) is 20.6 Å². The van der Waals surface area contributed by atoms with Crippen molar-refractivity contribution in [2.45, 2.75) is 13.0 Å². The highest BCUT2D eigenvalue weighted by Gasteiger charge is 2.12. The molecule has 6 heteroatoms. The molecule has 102 valence electrons. The van der Waals surface area contributed by atoms with Crippen molar-refractivity contribution in [1.82, 2.24) is 9.55 Å². The maximum atomic E-state index is 11.0. The Balaban J connectivity index is 2.09. The molecule has 0 fully saturated rings. The Bertz CT molecular complexity index is 762. The van der Waals surface area contributed by atoms with Gasteiger partial charge in [-0.1, -0.05) is 11.6 Å². The van der Waals surface area contributed by atoms with Crippen molar-refractivity contribution in [3.05, 3.63) is 53.3 Å².